The summed E-state index contributed by atoms with van der Waals surface area (Å²) in [6, 6.07) is 9.61. The fraction of sp³-hybridized carbons (Fsp3) is 0.0667. The number of rotatable bonds is 5. The minimum atomic E-state index is -0.463. The van der Waals surface area contributed by atoms with E-state index in [1.54, 1.807) is 30.6 Å². The van der Waals surface area contributed by atoms with Gasteiger partial charge in [0.15, 0.2) is 0 Å². The maximum Gasteiger partial charge on any atom is 0.269 e. The van der Waals surface area contributed by atoms with Gasteiger partial charge in [-0.25, -0.2) is 0 Å². The van der Waals surface area contributed by atoms with Crippen molar-refractivity contribution < 1.29 is 9.72 Å². The van der Waals surface area contributed by atoms with Crippen molar-refractivity contribution in [2.24, 2.45) is 0 Å². The largest absolute Gasteiger partial charge is 0.348 e. The minimum absolute atomic E-state index is 0.0225. The van der Waals surface area contributed by atoms with Gasteiger partial charge in [0.05, 0.1) is 4.92 Å². The van der Waals surface area contributed by atoms with Crippen LogP contribution in [0.1, 0.15) is 11.1 Å². The van der Waals surface area contributed by atoms with Crippen molar-refractivity contribution in [3.05, 3.63) is 76.1 Å². The summed E-state index contributed by atoms with van der Waals surface area (Å²) in [6.45, 7) is 0.423. The van der Waals surface area contributed by atoms with Crippen LogP contribution in [0.15, 0.2) is 54.9 Å². The van der Waals surface area contributed by atoms with Crippen LogP contribution in [0.2, 0.25) is 0 Å². The molecule has 0 unspecified atom stereocenters. The second-order valence-electron chi connectivity index (χ2n) is 4.26. The Morgan fingerprint density at radius 1 is 1.19 bits per heavy atom. The highest BCUT2D eigenvalue weighted by molar-refractivity contribution is 5.91. The summed E-state index contributed by atoms with van der Waals surface area (Å²) in [7, 11) is 0. The Hall–Kier alpha value is -3.02. The molecule has 0 saturated carbocycles. The van der Waals surface area contributed by atoms with Gasteiger partial charge in [-0.3, -0.25) is 19.9 Å². The number of hydrogen-bond acceptors (Lipinski definition) is 4. The van der Waals surface area contributed by atoms with E-state index < -0.39 is 4.92 Å². The summed E-state index contributed by atoms with van der Waals surface area (Å²) in [5.41, 5.74) is 1.70. The van der Waals surface area contributed by atoms with Crippen LogP contribution in [0.25, 0.3) is 6.08 Å². The molecule has 0 bridgehead atoms. The zero-order chi connectivity index (χ0) is 15.1. The first kappa shape index (κ1) is 14.4. The molecule has 1 aromatic heterocycles. The molecule has 0 fully saturated rings. The van der Waals surface area contributed by atoms with Gasteiger partial charge in [0.25, 0.3) is 5.69 Å². The Morgan fingerprint density at radius 2 is 1.86 bits per heavy atom. The third kappa shape index (κ3) is 4.54. The van der Waals surface area contributed by atoms with Gasteiger partial charge in [-0.15, -0.1) is 0 Å². The normalized spacial score (nSPS) is 10.5. The first-order valence-corrected chi connectivity index (χ1v) is 6.24. The predicted octanol–water partition coefficient (Wildman–Crippen LogP) is 2.32. The molecule has 2 aromatic rings. The molecule has 1 aromatic carbocycles. The van der Waals surface area contributed by atoms with E-state index in [-0.39, 0.29) is 11.6 Å². The first-order chi connectivity index (χ1) is 10.1. The van der Waals surface area contributed by atoms with Crippen LogP contribution in [-0.4, -0.2) is 15.8 Å². The Balaban J connectivity index is 1.88. The van der Waals surface area contributed by atoms with Crippen LogP contribution in [0.5, 0.6) is 0 Å². The highest BCUT2D eigenvalue weighted by Gasteiger charge is 2.02. The van der Waals surface area contributed by atoms with Crippen molar-refractivity contribution in [1.29, 1.82) is 0 Å². The van der Waals surface area contributed by atoms with Gasteiger partial charge in [0, 0.05) is 37.1 Å². The number of amides is 1. The van der Waals surface area contributed by atoms with E-state index >= 15 is 0 Å². The number of nitrogens with zero attached hydrogens (tertiary/aromatic N) is 2. The van der Waals surface area contributed by atoms with Gasteiger partial charge < -0.3 is 5.32 Å². The van der Waals surface area contributed by atoms with Gasteiger partial charge in [-0.05, 0) is 41.5 Å². The number of benzene rings is 1. The lowest BCUT2D eigenvalue weighted by molar-refractivity contribution is -0.384. The molecule has 21 heavy (non-hydrogen) atoms. The molecule has 2 rings (SSSR count). The summed E-state index contributed by atoms with van der Waals surface area (Å²) in [5, 5.41) is 13.3. The van der Waals surface area contributed by atoms with Crippen molar-refractivity contribution in [2.45, 2.75) is 6.54 Å². The van der Waals surface area contributed by atoms with E-state index in [1.807, 2.05) is 12.1 Å². The highest BCUT2D eigenvalue weighted by atomic mass is 16.6. The quantitative estimate of drug-likeness (QED) is 0.518. The molecule has 0 saturated heterocycles. The molecule has 1 amide bonds. The lowest BCUT2D eigenvalue weighted by atomic mass is 10.2. The first-order valence-electron chi connectivity index (χ1n) is 6.24. The van der Waals surface area contributed by atoms with Crippen LogP contribution in [0, 0.1) is 10.1 Å². The van der Waals surface area contributed by atoms with E-state index in [2.05, 4.69) is 10.3 Å². The highest BCUT2D eigenvalue weighted by Crippen LogP contribution is 2.12. The summed E-state index contributed by atoms with van der Waals surface area (Å²) >= 11 is 0. The van der Waals surface area contributed by atoms with E-state index in [0.717, 1.165) is 11.1 Å². The molecule has 106 valence electrons. The van der Waals surface area contributed by atoms with Gasteiger partial charge in [-0.1, -0.05) is 0 Å². The average molecular weight is 283 g/mol. The maximum atomic E-state index is 11.6. The van der Waals surface area contributed by atoms with E-state index in [1.165, 1.54) is 18.2 Å². The fourth-order valence-electron chi connectivity index (χ4n) is 1.63. The minimum Gasteiger partial charge on any atom is -0.348 e. The van der Waals surface area contributed by atoms with Crippen LogP contribution >= 0.6 is 0 Å². The summed E-state index contributed by atoms with van der Waals surface area (Å²) in [4.78, 5) is 25.6. The third-order valence-electron chi connectivity index (χ3n) is 2.75. The van der Waals surface area contributed by atoms with Crippen LogP contribution in [0.3, 0.4) is 0 Å². The number of pyridine rings is 1. The lowest BCUT2D eigenvalue weighted by Crippen LogP contribution is -2.20. The Bertz CT molecular complexity index is 652. The fourth-order valence-corrected chi connectivity index (χ4v) is 1.63. The summed E-state index contributed by atoms with van der Waals surface area (Å²) in [5.74, 6) is -0.231. The van der Waals surface area contributed by atoms with Gasteiger partial charge in [0.1, 0.15) is 0 Å². The topological polar surface area (TPSA) is 85.1 Å². The molecule has 0 radical (unpaired) electrons. The number of nitro benzene ring substituents is 1. The van der Waals surface area contributed by atoms with Crippen LogP contribution < -0.4 is 5.32 Å². The lowest BCUT2D eigenvalue weighted by Gasteiger charge is -2.01. The van der Waals surface area contributed by atoms with Crippen molar-refractivity contribution in [1.82, 2.24) is 10.3 Å². The molecule has 0 aliphatic carbocycles. The number of aromatic nitrogens is 1. The molecule has 0 aliphatic rings. The second kappa shape index (κ2) is 6.95. The smallest absolute Gasteiger partial charge is 0.269 e. The van der Waals surface area contributed by atoms with Crippen molar-refractivity contribution in [2.75, 3.05) is 0 Å². The number of nitro groups is 1. The molecule has 1 N–H and O–H groups in total. The zero-order valence-corrected chi connectivity index (χ0v) is 11.1. The molecule has 1 heterocycles. The average Bonchev–Trinajstić information content (AvgIpc) is 2.52. The number of hydrogen-bond donors (Lipinski definition) is 1. The second-order valence-corrected chi connectivity index (χ2v) is 4.26. The molecule has 6 nitrogen and oxygen atoms in total. The molecular weight excluding hydrogens is 270 g/mol. The Morgan fingerprint density at radius 3 is 2.48 bits per heavy atom. The third-order valence-corrected chi connectivity index (χ3v) is 2.75. The van der Waals surface area contributed by atoms with Gasteiger partial charge >= 0.3 is 0 Å². The van der Waals surface area contributed by atoms with Crippen molar-refractivity contribution >= 4 is 17.7 Å². The van der Waals surface area contributed by atoms with Crippen molar-refractivity contribution in [3.63, 3.8) is 0 Å². The Labute approximate surface area is 121 Å². The number of nitrogens with one attached hydrogen (secondary N) is 1. The predicted molar refractivity (Wildman–Crippen MR) is 78.2 cm³/mol. The number of non-ortho nitro benzene ring substituents is 1. The summed E-state index contributed by atoms with van der Waals surface area (Å²) in [6.07, 6.45) is 6.32. The molecule has 0 atom stereocenters. The zero-order valence-electron chi connectivity index (χ0n) is 11.1. The monoisotopic (exact) mass is 283 g/mol. The van der Waals surface area contributed by atoms with Gasteiger partial charge in [-0.2, -0.15) is 0 Å². The van der Waals surface area contributed by atoms with Crippen LogP contribution in [0.4, 0.5) is 5.69 Å². The molecule has 6 heteroatoms. The van der Waals surface area contributed by atoms with E-state index in [9.17, 15) is 14.9 Å². The van der Waals surface area contributed by atoms with Gasteiger partial charge in [0.2, 0.25) is 5.91 Å². The van der Waals surface area contributed by atoms with E-state index in [4.69, 9.17) is 0 Å². The molecule has 0 aliphatic heterocycles. The van der Waals surface area contributed by atoms with E-state index in [0.29, 0.717) is 6.54 Å². The molecule has 0 spiro atoms. The number of carbonyl (C=O) groups excluding carboxylic acids is 1. The standard InChI is InChI=1S/C15H13N3O3/c19-15(17-11-13-7-9-16-10-8-13)6-3-12-1-4-14(5-2-12)18(20)21/h1-10H,11H2,(H,17,19). The maximum absolute atomic E-state index is 11.6. The SMILES string of the molecule is O=C(C=Cc1ccc([N+](=O)[O-])cc1)NCc1ccncc1. The van der Waals surface area contributed by atoms with Crippen LogP contribution in [-0.2, 0) is 11.3 Å². The Kier molecular flexibility index (Phi) is 4.76. The van der Waals surface area contributed by atoms with Crippen molar-refractivity contribution in [3.8, 4) is 0 Å². The summed E-state index contributed by atoms with van der Waals surface area (Å²) < 4.78 is 0. The molecular formula is C15H13N3O3. The number of carbonyl (C=O) groups is 1.